The SMILES string of the molecule is COc1cc(/C=C(\C#N)c2nc3ncc(Br)cc3[nH]2)ccc1OC(=O)c1ccccc1. The monoisotopic (exact) mass is 474 g/mol. The first-order valence-corrected chi connectivity index (χ1v) is 9.95. The number of rotatable bonds is 5. The van der Waals surface area contributed by atoms with Crippen LogP contribution in [0.5, 0.6) is 11.5 Å². The molecule has 1 N–H and O–H groups in total. The van der Waals surface area contributed by atoms with Crippen LogP contribution in [0.15, 0.2) is 65.3 Å². The number of nitrogens with zero attached hydrogens (tertiary/aromatic N) is 3. The number of esters is 1. The third-order valence-corrected chi connectivity index (χ3v) is 4.82. The van der Waals surface area contributed by atoms with E-state index in [4.69, 9.17) is 9.47 Å². The average Bonchev–Trinajstić information content (AvgIpc) is 3.21. The molecule has 0 bridgehead atoms. The molecule has 0 radical (unpaired) electrons. The molecule has 152 valence electrons. The highest BCUT2D eigenvalue weighted by Crippen LogP contribution is 2.30. The van der Waals surface area contributed by atoms with Crippen LogP contribution in [0.2, 0.25) is 0 Å². The zero-order chi connectivity index (χ0) is 21.8. The molecule has 0 saturated carbocycles. The standard InChI is InChI=1S/C23H15BrN4O3/c1-30-20-10-14(7-8-19(20)31-23(29)15-5-3-2-4-6-15)9-16(12-25)21-27-18-11-17(24)13-26-22(18)28-21/h2-11,13H,1H3,(H,26,27,28)/b16-9+. The Morgan fingerprint density at radius 3 is 2.71 bits per heavy atom. The van der Waals surface area contributed by atoms with Gasteiger partial charge in [-0.1, -0.05) is 24.3 Å². The first-order chi connectivity index (χ1) is 15.1. The van der Waals surface area contributed by atoms with E-state index in [0.717, 1.165) is 4.47 Å². The Morgan fingerprint density at radius 1 is 1.16 bits per heavy atom. The predicted octanol–water partition coefficient (Wildman–Crippen LogP) is 5.01. The van der Waals surface area contributed by atoms with Crippen molar-refractivity contribution in [1.82, 2.24) is 15.0 Å². The van der Waals surface area contributed by atoms with Gasteiger partial charge >= 0.3 is 5.97 Å². The molecule has 0 fully saturated rings. The van der Waals surface area contributed by atoms with Gasteiger partial charge in [0.05, 0.1) is 23.8 Å². The van der Waals surface area contributed by atoms with Crippen LogP contribution in [-0.4, -0.2) is 28.0 Å². The first kappa shape index (κ1) is 20.3. The maximum absolute atomic E-state index is 12.3. The normalized spacial score (nSPS) is 11.2. The van der Waals surface area contributed by atoms with Crippen LogP contribution < -0.4 is 9.47 Å². The van der Waals surface area contributed by atoms with Crippen molar-refractivity contribution in [2.24, 2.45) is 0 Å². The van der Waals surface area contributed by atoms with Crippen molar-refractivity contribution in [3.05, 3.63) is 82.2 Å². The van der Waals surface area contributed by atoms with E-state index >= 15 is 0 Å². The van der Waals surface area contributed by atoms with Gasteiger partial charge in [-0.25, -0.2) is 14.8 Å². The minimum atomic E-state index is -0.485. The highest BCUT2D eigenvalue weighted by Gasteiger charge is 2.14. The topological polar surface area (TPSA) is 101 Å². The van der Waals surface area contributed by atoms with Crippen LogP contribution in [-0.2, 0) is 0 Å². The van der Waals surface area contributed by atoms with Crippen molar-refractivity contribution < 1.29 is 14.3 Å². The minimum absolute atomic E-state index is 0.282. The molecule has 2 heterocycles. The molecule has 0 aliphatic rings. The Balaban J connectivity index is 1.63. The van der Waals surface area contributed by atoms with Crippen LogP contribution in [0.3, 0.4) is 0 Å². The van der Waals surface area contributed by atoms with Crippen molar-refractivity contribution in [1.29, 1.82) is 5.26 Å². The number of carbonyl (C=O) groups is 1. The molecule has 0 aliphatic carbocycles. The molecule has 0 spiro atoms. The van der Waals surface area contributed by atoms with Gasteiger partial charge in [0.25, 0.3) is 0 Å². The highest BCUT2D eigenvalue weighted by molar-refractivity contribution is 9.10. The summed E-state index contributed by atoms with van der Waals surface area (Å²) in [4.78, 5) is 24.0. The number of aromatic nitrogens is 3. The largest absolute Gasteiger partial charge is 0.493 e. The third-order valence-electron chi connectivity index (χ3n) is 4.39. The zero-order valence-corrected chi connectivity index (χ0v) is 17.9. The lowest BCUT2D eigenvalue weighted by Gasteiger charge is -2.10. The number of nitrogens with one attached hydrogen (secondary N) is 1. The summed E-state index contributed by atoms with van der Waals surface area (Å²) in [6.07, 6.45) is 3.31. The van der Waals surface area contributed by atoms with Crippen LogP contribution in [0.25, 0.3) is 22.8 Å². The number of hydrogen-bond donors (Lipinski definition) is 1. The Morgan fingerprint density at radius 2 is 1.97 bits per heavy atom. The van der Waals surface area contributed by atoms with E-state index in [2.05, 4.69) is 37.0 Å². The number of H-pyrrole nitrogens is 1. The maximum atomic E-state index is 12.3. The van der Waals surface area contributed by atoms with E-state index in [9.17, 15) is 10.1 Å². The number of imidazole rings is 1. The Hall–Kier alpha value is -3.96. The van der Waals surface area contributed by atoms with E-state index in [0.29, 0.717) is 39.4 Å². The summed E-state index contributed by atoms with van der Waals surface area (Å²) in [5, 5.41) is 9.64. The number of fused-ring (bicyclic) bond motifs is 1. The fraction of sp³-hybridized carbons (Fsp3) is 0.0435. The number of allylic oxidation sites excluding steroid dienone is 1. The molecule has 0 unspecified atom stereocenters. The molecular formula is C23H15BrN4O3. The number of carbonyl (C=O) groups excluding carboxylic acids is 1. The van der Waals surface area contributed by atoms with E-state index in [1.807, 2.05) is 12.1 Å². The fourth-order valence-corrected chi connectivity index (χ4v) is 3.24. The van der Waals surface area contributed by atoms with Crippen molar-refractivity contribution in [3.63, 3.8) is 0 Å². The summed E-state index contributed by atoms with van der Waals surface area (Å²) in [6, 6.07) is 17.7. The molecule has 4 rings (SSSR count). The predicted molar refractivity (Wildman–Crippen MR) is 119 cm³/mol. The second-order valence-electron chi connectivity index (χ2n) is 6.45. The van der Waals surface area contributed by atoms with Gasteiger partial charge in [-0.15, -0.1) is 0 Å². The fourth-order valence-electron chi connectivity index (χ4n) is 2.91. The summed E-state index contributed by atoms with van der Waals surface area (Å²) >= 11 is 3.36. The molecule has 0 aliphatic heterocycles. The second kappa shape index (κ2) is 8.81. The third kappa shape index (κ3) is 4.47. The van der Waals surface area contributed by atoms with Crippen molar-refractivity contribution in [2.75, 3.05) is 7.11 Å². The maximum Gasteiger partial charge on any atom is 0.343 e. The van der Waals surface area contributed by atoms with E-state index in [1.54, 1.807) is 54.7 Å². The van der Waals surface area contributed by atoms with Gasteiger partial charge in [-0.3, -0.25) is 0 Å². The molecule has 0 saturated heterocycles. The summed E-state index contributed by atoms with van der Waals surface area (Å²) < 4.78 is 11.6. The summed E-state index contributed by atoms with van der Waals surface area (Å²) in [6.45, 7) is 0. The smallest absolute Gasteiger partial charge is 0.343 e. The number of aromatic amines is 1. The van der Waals surface area contributed by atoms with Crippen molar-refractivity contribution in [2.45, 2.75) is 0 Å². The summed E-state index contributed by atoms with van der Waals surface area (Å²) in [5.41, 5.74) is 2.67. The molecule has 2 aromatic heterocycles. The lowest BCUT2D eigenvalue weighted by Crippen LogP contribution is -2.09. The number of methoxy groups -OCH3 is 1. The van der Waals surface area contributed by atoms with E-state index in [1.165, 1.54) is 7.11 Å². The molecule has 7 nitrogen and oxygen atoms in total. The first-order valence-electron chi connectivity index (χ1n) is 9.16. The highest BCUT2D eigenvalue weighted by atomic mass is 79.9. The molecule has 0 atom stereocenters. The van der Waals surface area contributed by atoms with Gasteiger partial charge in [-0.2, -0.15) is 5.26 Å². The Kier molecular flexibility index (Phi) is 5.78. The number of benzene rings is 2. The number of ether oxygens (including phenoxy) is 2. The van der Waals surface area contributed by atoms with Gasteiger partial charge in [0.15, 0.2) is 23.0 Å². The Labute approximate surface area is 186 Å². The molecule has 0 amide bonds. The molecular weight excluding hydrogens is 460 g/mol. The molecule has 8 heteroatoms. The van der Waals surface area contributed by atoms with Crippen LogP contribution in [0.1, 0.15) is 21.7 Å². The average molecular weight is 475 g/mol. The van der Waals surface area contributed by atoms with Gasteiger partial charge in [-0.05, 0) is 57.9 Å². The quantitative estimate of drug-likeness (QED) is 0.247. The molecule has 4 aromatic rings. The summed E-state index contributed by atoms with van der Waals surface area (Å²) in [5.74, 6) is 0.567. The van der Waals surface area contributed by atoms with Gasteiger partial charge < -0.3 is 14.5 Å². The number of halogens is 1. The summed E-state index contributed by atoms with van der Waals surface area (Å²) in [7, 11) is 1.48. The van der Waals surface area contributed by atoms with Gasteiger partial charge in [0, 0.05) is 10.7 Å². The lowest BCUT2D eigenvalue weighted by molar-refractivity contribution is 0.0729. The van der Waals surface area contributed by atoms with Crippen LogP contribution in [0, 0.1) is 11.3 Å². The minimum Gasteiger partial charge on any atom is -0.493 e. The second-order valence-corrected chi connectivity index (χ2v) is 7.36. The lowest BCUT2D eigenvalue weighted by atomic mass is 10.1. The molecule has 31 heavy (non-hydrogen) atoms. The molecule has 2 aromatic carbocycles. The Bertz CT molecular complexity index is 1340. The number of hydrogen-bond acceptors (Lipinski definition) is 6. The van der Waals surface area contributed by atoms with Gasteiger partial charge in [0.2, 0.25) is 0 Å². The van der Waals surface area contributed by atoms with Gasteiger partial charge in [0.1, 0.15) is 6.07 Å². The van der Waals surface area contributed by atoms with Crippen molar-refractivity contribution >= 4 is 44.7 Å². The van der Waals surface area contributed by atoms with Crippen LogP contribution in [0.4, 0.5) is 0 Å². The van der Waals surface area contributed by atoms with Crippen LogP contribution >= 0.6 is 15.9 Å². The number of pyridine rings is 1. The van der Waals surface area contributed by atoms with Crippen molar-refractivity contribution in [3.8, 4) is 17.6 Å². The zero-order valence-electron chi connectivity index (χ0n) is 16.3. The van der Waals surface area contributed by atoms with E-state index in [-0.39, 0.29) is 5.75 Å². The number of nitriles is 1. The van der Waals surface area contributed by atoms with E-state index < -0.39 is 5.97 Å².